The minimum atomic E-state index is -0.384. The van der Waals surface area contributed by atoms with Crippen molar-refractivity contribution in [3.05, 3.63) is 70.5 Å². The number of nitrogens with zero attached hydrogens (tertiary/aromatic N) is 4. The van der Waals surface area contributed by atoms with Gasteiger partial charge in [0.15, 0.2) is 0 Å². The van der Waals surface area contributed by atoms with E-state index in [0.29, 0.717) is 18.2 Å². The van der Waals surface area contributed by atoms with Gasteiger partial charge in [-0.1, -0.05) is 12.1 Å². The number of aromatic nitrogens is 2. The number of methoxy groups -OCH3 is 1. The zero-order chi connectivity index (χ0) is 28.0. The summed E-state index contributed by atoms with van der Waals surface area (Å²) in [6.07, 6.45) is 5.06. The maximum absolute atomic E-state index is 14.0. The van der Waals surface area contributed by atoms with Crippen molar-refractivity contribution in [2.24, 2.45) is 5.92 Å². The van der Waals surface area contributed by atoms with Gasteiger partial charge in [-0.25, -0.2) is 9.97 Å². The standard InChI is InChI=1S/C31H36N6O3/c1-19-15-23(34-27-20(2)28(33-18-32-27)35-29(38)22-7-8-22)16-25-26(19)30(39)37(31(25)11-13-36(3)14-12-31)17-21-5-9-24(40-4)10-6-21/h5-6,9-10,15-16,18,22H,7-8,11-14,17H2,1-4H3,(H2,32,33,34,35,38). The second-order valence-corrected chi connectivity index (χ2v) is 11.4. The maximum atomic E-state index is 14.0. The lowest BCUT2D eigenvalue weighted by Crippen LogP contribution is -2.50. The fraction of sp³-hybridized carbons (Fsp3) is 0.419. The van der Waals surface area contributed by atoms with Gasteiger partial charge in [0.25, 0.3) is 5.91 Å². The van der Waals surface area contributed by atoms with Crippen LogP contribution in [0.4, 0.5) is 17.3 Å². The number of likely N-dealkylation sites (tertiary alicyclic amines) is 1. The topological polar surface area (TPSA) is 99.7 Å². The van der Waals surface area contributed by atoms with Gasteiger partial charge in [-0.15, -0.1) is 0 Å². The van der Waals surface area contributed by atoms with E-state index in [1.54, 1.807) is 7.11 Å². The van der Waals surface area contributed by atoms with Crippen molar-refractivity contribution < 1.29 is 14.3 Å². The van der Waals surface area contributed by atoms with Gasteiger partial charge in [0.1, 0.15) is 23.7 Å². The van der Waals surface area contributed by atoms with Gasteiger partial charge in [0.05, 0.1) is 12.6 Å². The van der Waals surface area contributed by atoms with Crippen LogP contribution in [0.2, 0.25) is 0 Å². The van der Waals surface area contributed by atoms with Crippen LogP contribution in [0.5, 0.6) is 5.75 Å². The van der Waals surface area contributed by atoms with E-state index in [4.69, 9.17) is 4.74 Å². The second-order valence-electron chi connectivity index (χ2n) is 11.4. The number of hydrogen-bond acceptors (Lipinski definition) is 7. The number of piperidine rings is 1. The van der Waals surface area contributed by atoms with Crippen LogP contribution < -0.4 is 15.4 Å². The highest BCUT2D eigenvalue weighted by molar-refractivity contribution is 6.02. The predicted molar refractivity (Wildman–Crippen MR) is 154 cm³/mol. The van der Waals surface area contributed by atoms with E-state index in [1.807, 2.05) is 44.2 Å². The average molecular weight is 541 g/mol. The number of carbonyl (C=O) groups excluding carboxylic acids is 2. The number of anilines is 3. The molecule has 2 aliphatic heterocycles. The molecule has 1 aromatic heterocycles. The van der Waals surface area contributed by atoms with Gasteiger partial charge in [-0.05, 0) is 87.5 Å². The molecule has 40 heavy (non-hydrogen) atoms. The number of rotatable bonds is 7. The van der Waals surface area contributed by atoms with Crippen molar-refractivity contribution in [1.29, 1.82) is 0 Å². The Labute approximate surface area is 234 Å². The van der Waals surface area contributed by atoms with E-state index in [9.17, 15) is 9.59 Å². The summed E-state index contributed by atoms with van der Waals surface area (Å²) in [6.45, 7) is 6.28. The quantitative estimate of drug-likeness (QED) is 0.445. The third-order valence-corrected chi connectivity index (χ3v) is 8.66. The first-order valence-electron chi connectivity index (χ1n) is 14.0. The number of ether oxygens (including phenoxy) is 1. The maximum Gasteiger partial charge on any atom is 0.255 e. The van der Waals surface area contributed by atoms with Crippen LogP contribution in [0.3, 0.4) is 0 Å². The molecule has 2 aromatic carbocycles. The molecule has 3 aliphatic rings. The molecule has 0 bridgehead atoms. The molecule has 1 saturated carbocycles. The number of benzene rings is 2. The van der Waals surface area contributed by atoms with Gasteiger partial charge in [-0.2, -0.15) is 0 Å². The van der Waals surface area contributed by atoms with Crippen LogP contribution in [0, 0.1) is 19.8 Å². The van der Waals surface area contributed by atoms with Gasteiger partial charge < -0.3 is 25.2 Å². The van der Waals surface area contributed by atoms with Crippen molar-refractivity contribution in [2.75, 3.05) is 37.9 Å². The Morgan fingerprint density at radius 2 is 1.77 bits per heavy atom. The highest BCUT2D eigenvalue weighted by Crippen LogP contribution is 2.49. The van der Waals surface area contributed by atoms with Gasteiger partial charge in [0.2, 0.25) is 5.91 Å². The summed E-state index contributed by atoms with van der Waals surface area (Å²) in [6, 6.07) is 12.1. The molecule has 0 radical (unpaired) electrons. The highest BCUT2D eigenvalue weighted by Gasteiger charge is 2.51. The zero-order valence-electron chi connectivity index (χ0n) is 23.6. The molecule has 6 rings (SSSR count). The molecule has 2 fully saturated rings. The first-order chi connectivity index (χ1) is 19.3. The van der Waals surface area contributed by atoms with Crippen molar-refractivity contribution in [1.82, 2.24) is 19.8 Å². The number of carbonyl (C=O) groups is 2. The van der Waals surface area contributed by atoms with E-state index in [-0.39, 0.29) is 23.3 Å². The van der Waals surface area contributed by atoms with Crippen LogP contribution in [-0.2, 0) is 16.9 Å². The Kier molecular flexibility index (Phi) is 6.70. The Balaban J connectivity index is 1.34. The smallest absolute Gasteiger partial charge is 0.255 e. The number of nitrogens with one attached hydrogen (secondary N) is 2. The monoisotopic (exact) mass is 540 g/mol. The molecule has 1 aliphatic carbocycles. The average Bonchev–Trinajstić information content (AvgIpc) is 3.77. The van der Waals surface area contributed by atoms with Crippen molar-refractivity contribution in [3.63, 3.8) is 0 Å². The number of hydrogen-bond donors (Lipinski definition) is 2. The summed E-state index contributed by atoms with van der Waals surface area (Å²) in [5, 5.41) is 6.42. The Hall–Kier alpha value is -3.98. The van der Waals surface area contributed by atoms with Crippen LogP contribution in [-0.4, -0.2) is 58.8 Å². The minimum absolute atomic E-state index is 0.0146. The molecule has 1 saturated heterocycles. The summed E-state index contributed by atoms with van der Waals surface area (Å²) in [7, 11) is 3.80. The van der Waals surface area contributed by atoms with Gasteiger partial charge in [-0.3, -0.25) is 9.59 Å². The van der Waals surface area contributed by atoms with Crippen LogP contribution >= 0.6 is 0 Å². The van der Waals surface area contributed by atoms with Crippen LogP contribution in [0.15, 0.2) is 42.7 Å². The zero-order valence-corrected chi connectivity index (χ0v) is 23.6. The summed E-state index contributed by atoms with van der Waals surface area (Å²) in [5.74, 6) is 2.16. The lowest BCUT2D eigenvalue weighted by Gasteiger charge is -2.45. The van der Waals surface area contributed by atoms with E-state index in [0.717, 1.165) is 78.0 Å². The van der Waals surface area contributed by atoms with Crippen LogP contribution in [0.1, 0.15) is 58.3 Å². The summed E-state index contributed by atoms with van der Waals surface area (Å²) >= 11 is 0. The first-order valence-corrected chi connectivity index (χ1v) is 14.0. The minimum Gasteiger partial charge on any atom is -0.497 e. The molecule has 2 amide bonds. The Morgan fingerprint density at radius 1 is 1.07 bits per heavy atom. The molecule has 208 valence electrons. The lowest BCUT2D eigenvalue weighted by molar-refractivity contribution is -0.117. The fourth-order valence-corrected chi connectivity index (χ4v) is 6.05. The molecule has 0 atom stereocenters. The van der Waals surface area contributed by atoms with Gasteiger partial charge >= 0.3 is 0 Å². The highest BCUT2D eigenvalue weighted by atomic mass is 16.5. The summed E-state index contributed by atoms with van der Waals surface area (Å²) in [4.78, 5) is 39.6. The summed E-state index contributed by atoms with van der Waals surface area (Å²) < 4.78 is 5.34. The van der Waals surface area contributed by atoms with E-state index < -0.39 is 0 Å². The Morgan fingerprint density at radius 3 is 2.45 bits per heavy atom. The van der Waals surface area contributed by atoms with Crippen molar-refractivity contribution in [3.8, 4) is 5.75 Å². The number of fused-ring (bicyclic) bond motifs is 2. The fourth-order valence-electron chi connectivity index (χ4n) is 6.05. The predicted octanol–water partition coefficient (Wildman–Crippen LogP) is 4.77. The molecule has 0 unspecified atom stereocenters. The normalized spacial score (nSPS) is 18.1. The van der Waals surface area contributed by atoms with Crippen molar-refractivity contribution >= 4 is 29.1 Å². The lowest BCUT2D eigenvalue weighted by atomic mass is 9.79. The largest absolute Gasteiger partial charge is 0.497 e. The molecule has 3 heterocycles. The third-order valence-electron chi connectivity index (χ3n) is 8.66. The molecular formula is C31H36N6O3. The first kappa shape index (κ1) is 26.3. The SMILES string of the molecule is COc1ccc(CN2C(=O)c3c(C)cc(Nc4ncnc(NC(=O)C5CC5)c4C)cc3C23CCN(C)CC3)cc1. The third kappa shape index (κ3) is 4.68. The molecule has 1 spiro atoms. The van der Waals surface area contributed by atoms with Crippen molar-refractivity contribution in [2.45, 2.75) is 51.6 Å². The summed E-state index contributed by atoms with van der Waals surface area (Å²) in [5.41, 5.74) is 5.17. The van der Waals surface area contributed by atoms with Crippen LogP contribution in [0.25, 0.3) is 0 Å². The molecule has 9 nitrogen and oxygen atoms in total. The molecule has 2 N–H and O–H groups in total. The van der Waals surface area contributed by atoms with Gasteiger partial charge in [0, 0.05) is 42.4 Å². The second kappa shape index (κ2) is 10.2. The number of aryl methyl sites for hydroxylation is 1. The molecule has 3 aromatic rings. The van der Waals surface area contributed by atoms with E-state index >= 15 is 0 Å². The van der Waals surface area contributed by atoms with E-state index in [2.05, 4.69) is 43.5 Å². The Bertz CT molecular complexity index is 1460. The molecular weight excluding hydrogens is 504 g/mol. The number of amides is 2. The molecule has 9 heteroatoms. The van der Waals surface area contributed by atoms with E-state index in [1.165, 1.54) is 6.33 Å².